The van der Waals surface area contributed by atoms with Gasteiger partial charge in [-0.1, -0.05) is 11.6 Å². The third-order valence-electron chi connectivity index (χ3n) is 2.76. The third kappa shape index (κ3) is 3.00. The highest BCUT2D eigenvalue weighted by Gasteiger charge is 2.12. The van der Waals surface area contributed by atoms with Crippen LogP contribution < -0.4 is 15.4 Å². The number of carbonyl (C=O) groups excluding carboxylic acids is 1. The molecule has 0 aliphatic rings. The van der Waals surface area contributed by atoms with Gasteiger partial charge in [-0.25, -0.2) is 0 Å². The number of methoxy groups -OCH3 is 1. The molecule has 2 rings (SSSR count). The molecule has 6 heteroatoms. The first-order valence-electron chi connectivity index (χ1n) is 5.92. The maximum atomic E-state index is 12.3. The van der Waals surface area contributed by atoms with Gasteiger partial charge in [-0.05, 0) is 18.2 Å². The highest BCUT2D eigenvalue weighted by atomic mass is 35.5. The van der Waals surface area contributed by atoms with E-state index in [1.165, 1.54) is 0 Å². The standard InChI is InChI=1S/C14H14ClN3O2/c1-16-13-8-17-6-5-10(13)14(19)18-12-7-9(20-2)3-4-11(12)15/h3-8,16H,1-2H3,(H,18,19). The monoisotopic (exact) mass is 291 g/mol. The summed E-state index contributed by atoms with van der Waals surface area (Å²) in [4.78, 5) is 16.2. The van der Waals surface area contributed by atoms with E-state index < -0.39 is 0 Å². The number of carbonyl (C=O) groups is 1. The largest absolute Gasteiger partial charge is 0.497 e. The second-order valence-corrected chi connectivity index (χ2v) is 4.38. The predicted molar refractivity (Wildman–Crippen MR) is 79.7 cm³/mol. The Hall–Kier alpha value is -2.27. The lowest BCUT2D eigenvalue weighted by atomic mass is 10.2. The first kappa shape index (κ1) is 14.1. The molecule has 0 atom stereocenters. The Labute approximate surface area is 121 Å². The summed E-state index contributed by atoms with van der Waals surface area (Å²) in [6.45, 7) is 0. The van der Waals surface area contributed by atoms with E-state index in [0.29, 0.717) is 27.7 Å². The Morgan fingerprint density at radius 1 is 1.30 bits per heavy atom. The minimum atomic E-state index is -0.271. The third-order valence-corrected chi connectivity index (χ3v) is 3.09. The molecule has 1 aromatic heterocycles. The Balaban J connectivity index is 2.27. The van der Waals surface area contributed by atoms with Crippen LogP contribution in [0.15, 0.2) is 36.7 Å². The minimum Gasteiger partial charge on any atom is -0.497 e. The number of nitrogens with zero attached hydrogens (tertiary/aromatic N) is 1. The van der Waals surface area contributed by atoms with Crippen LogP contribution in [0.1, 0.15) is 10.4 Å². The van der Waals surface area contributed by atoms with Crippen LogP contribution in [0.25, 0.3) is 0 Å². The number of anilines is 2. The fourth-order valence-corrected chi connectivity index (χ4v) is 1.87. The van der Waals surface area contributed by atoms with Gasteiger partial charge in [-0.3, -0.25) is 9.78 Å². The summed E-state index contributed by atoms with van der Waals surface area (Å²) in [5.74, 6) is 0.347. The molecule has 0 unspecified atom stereocenters. The molecule has 0 saturated heterocycles. The summed E-state index contributed by atoms with van der Waals surface area (Å²) in [6.07, 6.45) is 3.14. The summed E-state index contributed by atoms with van der Waals surface area (Å²) in [7, 11) is 3.28. The van der Waals surface area contributed by atoms with Gasteiger partial charge in [0.1, 0.15) is 5.75 Å². The van der Waals surface area contributed by atoms with Crippen molar-refractivity contribution in [2.45, 2.75) is 0 Å². The molecule has 1 heterocycles. The number of nitrogens with one attached hydrogen (secondary N) is 2. The van der Waals surface area contributed by atoms with Crippen LogP contribution in [-0.4, -0.2) is 25.0 Å². The second kappa shape index (κ2) is 6.25. The maximum absolute atomic E-state index is 12.3. The molecule has 0 bridgehead atoms. The van der Waals surface area contributed by atoms with E-state index in [1.807, 2.05) is 0 Å². The lowest BCUT2D eigenvalue weighted by Gasteiger charge is -2.11. The van der Waals surface area contributed by atoms with E-state index in [9.17, 15) is 4.79 Å². The van der Waals surface area contributed by atoms with Crippen molar-refractivity contribution < 1.29 is 9.53 Å². The van der Waals surface area contributed by atoms with Gasteiger partial charge in [0.15, 0.2) is 0 Å². The number of pyridine rings is 1. The van der Waals surface area contributed by atoms with Gasteiger partial charge in [-0.2, -0.15) is 0 Å². The van der Waals surface area contributed by atoms with Crippen LogP contribution in [0.4, 0.5) is 11.4 Å². The number of aromatic nitrogens is 1. The molecule has 1 amide bonds. The summed E-state index contributed by atoms with van der Waals surface area (Å²) < 4.78 is 5.11. The Bertz CT molecular complexity index is 632. The van der Waals surface area contributed by atoms with Crippen molar-refractivity contribution in [1.82, 2.24) is 4.98 Å². The lowest BCUT2D eigenvalue weighted by molar-refractivity contribution is 0.102. The molecule has 0 aliphatic heterocycles. The zero-order valence-corrected chi connectivity index (χ0v) is 11.9. The van der Waals surface area contributed by atoms with Crippen LogP contribution >= 0.6 is 11.6 Å². The number of hydrogen-bond acceptors (Lipinski definition) is 4. The van der Waals surface area contributed by atoms with Gasteiger partial charge in [-0.15, -0.1) is 0 Å². The average molecular weight is 292 g/mol. The lowest BCUT2D eigenvalue weighted by Crippen LogP contribution is -2.14. The molecule has 0 fully saturated rings. The number of halogens is 1. The van der Waals surface area contributed by atoms with Crippen molar-refractivity contribution in [3.05, 3.63) is 47.2 Å². The van der Waals surface area contributed by atoms with Gasteiger partial charge < -0.3 is 15.4 Å². The van der Waals surface area contributed by atoms with Crippen molar-refractivity contribution in [2.75, 3.05) is 24.8 Å². The highest BCUT2D eigenvalue weighted by Crippen LogP contribution is 2.27. The van der Waals surface area contributed by atoms with E-state index in [4.69, 9.17) is 16.3 Å². The molecule has 2 aromatic rings. The van der Waals surface area contributed by atoms with E-state index in [2.05, 4.69) is 15.6 Å². The van der Waals surface area contributed by atoms with Crippen LogP contribution in [-0.2, 0) is 0 Å². The molecule has 2 N–H and O–H groups in total. The van der Waals surface area contributed by atoms with E-state index in [1.54, 1.807) is 50.8 Å². The molecule has 0 radical (unpaired) electrons. The van der Waals surface area contributed by atoms with Gasteiger partial charge >= 0.3 is 0 Å². The van der Waals surface area contributed by atoms with Gasteiger partial charge in [0.05, 0.1) is 35.3 Å². The van der Waals surface area contributed by atoms with Crippen LogP contribution in [0, 0.1) is 0 Å². The number of amides is 1. The van der Waals surface area contributed by atoms with Crippen molar-refractivity contribution >= 4 is 28.9 Å². The first-order chi connectivity index (χ1) is 9.65. The molecule has 0 aliphatic carbocycles. The molecule has 20 heavy (non-hydrogen) atoms. The van der Waals surface area contributed by atoms with Crippen LogP contribution in [0.5, 0.6) is 5.75 Å². The zero-order valence-electron chi connectivity index (χ0n) is 11.1. The van der Waals surface area contributed by atoms with Gasteiger partial charge in [0, 0.05) is 19.3 Å². The molecular formula is C14H14ClN3O2. The molecule has 1 aromatic carbocycles. The average Bonchev–Trinajstić information content (AvgIpc) is 2.49. The first-order valence-corrected chi connectivity index (χ1v) is 6.30. The fourth-order valence-electron chi connectivity index (χ4n) is 1.71. The Morgan fingerprint density at radius 3 is 2.80 bits per heavy atom. The van der Waals surface area contributed by atoms with Crippen molar-refractivity contribution in [1.29, 1.82) is 0 Å². The predicted octanol–water partition coefficient (Wildman–Crippen LogP) is 3.04. The second-order valence-electron chi connectivity index (χ2n) is 3.97. The van der Waals surface area contributed by atoms with E-state index >= 15 is 0 Å². The zero-order chi connectivity index (χ0) is 14.5. The number of ether oxygens (including phenoxy) is 1. The number of rotatable bonds is 4. The molecular weight excluding hydrogens is 278 g/mol. The number of hydrogen-bond donors (Lipinski definition) is 2. The Morgan fingerprint density at radius 2 is 2.10 bits per heavy atom. The quantitative estimate of drug-likeness (QED) is 0.909. The smallest absolute Gasteiger partial charge is 0.257 e. The summed E-state index contributed by atoms with van der Waals surface area (Å²) in [6, 6.07) is 6.70. The normalized spacial score (nSPS) is 9.95. The topological polar surface area (TPSA) is 63.2 Å². The molecule has 5 nitrogen and oxygen atoms in total. The van der Waals surface area contributed by atoms with Crippen molar-refractivity contribution in [3.8, 4) is 5.75 Å². The summed E-state index contributed by atoms with van der Waals surface area (Å²) in [5, 5.41) is 6.12. The summed E-state index contributed by atoms with van der Waals surface area (Å²) in [5.41, 5.74) is 1.63. The minimum absolute atomic E-state index is 0.271. The Kier molecular flexibility index (Phi) is 4.42. The highest BCUT2D eigenvalue weighted by molar-refractivity contribution is 6.34. The van der Waals surface area contributed by atoms with Crippen LogP contribution in [0.3, 0.4) is 0 Å². The van der Waals surface area contributed by atoms with Gasteiger partial charge in [0.25, 0.3) is 5.91 Å². The van der Waals surface area contributed by atoms with E-state index in [-0.39, 0.29) is 5.91 Å². The SMILES string of the molecule is CNc1cnccc1C(=O)Nc1cc(OC)ccc1Cl. The molecule has 0 spiro atoms. The van der Waals surface area contributed by atoms with Crippen molar-refractivity contribution in [2.24, 2.45) is 0 Å². The number of benzene rings is 1. The van der Waals surface area contributed by atoms with Crippen molar-refractivity contribution in [3.63, 3.8) is 0 Å². The van der Waals surface area contributed by atoms with Gasteiger partial charge in [0.2, 0.25) is 0 Å². The fraction of sp³-hybridized carbons (Fsp3) is 0.143. The van der Waals surface area contributed by atoms with Crippen LogP contribution in [0.2, 0.25) is 5.02 Å². The molecule has 104 valence electrons. The molecule has 0 saturated carbocycles. The maximum Gasteiger partial charge on any atom is 0.257 e. The van der Waals surface area contributed by atoms with E-state index in [0.717, 1.165) is 0 Å². The summed E-state index contributed by atoms with van der Waals surface area (Å²) >= 11 is 6.06.